The lowest BCUT2D eigenvalue weighted by Crippen LogP contribution is -2.14. The van der Waals surface area contributed by atoms with Crippen molar-refractivity contribution in [2.45, 2.75) is 0 Å². The zero-order valence-corrected chi connectivity index (χ0v) is 11.6. The number of nitrogen functional groups attached to an aromatic ring is 2. The first-order chi connectivity index (χ1) is 9.45. The highest BCUT2D eigenvalue weighted by Gasteiger charge is 2.08. The third-order valence-electron chi connectivity index (χ3n) is 2.86. The van der Waals surface area contributed by atoms with E-state index in [4.69, 9.17) is 11.5 Å². The van der Waals surface area contributed by atoms with Crippen molar-refractivity contribution < 1.29 is 4.79 Å². The normalized spacial score (nSPS) is 10.1. The molecule has 0 heterocycles. The van der Waals surface area contributed by atoms with Gasteiger partial charge in [-0.2, -0.15) is 0 Å². The quantitative estimate of drug-likeness (QED) is 0.746. The molecule has 0 saturated heterocycles. The molecule has 0 aliphatic carbocycles. The topological polar surface area (TPSA) is 84.4 Å². The highest BCUT2D eigenvalue weighted by molar-refractivity contribution is 6.05. The van der Waals surface area contributed by atoms with E-state index in [1.54, 1.807) is 18.2 Å². The lowest BCUT2D eigenvalue weighted by molar-refractivity contribution is 0.102. The van der Waals surface area contributed by atoms with Gasteiger partial charge in [0, 0.05) is 42.4 Å². The van der Waals surface area contributed by atoms with Crippen LogP contribution in [0.5, 0.6) is 0 Å². The SMILES string of the molecule is CN(C)c1cccc(NC(=O)c2cc(N)cc(N)c2)c1. The average molecular weight is 270 g/mol. The smallest absolute Gasteiger partial charge is 0.255 e. The molecule has 0 unspecified atom stereocenters. The van der Waals surface area contributed by atoms with Crippen LogP contribution in [-0.4, -0.2) is 20.0 Å². The van der Waals surface area contributed by atoms with Crippen molar-refractivity contribution in [2.75, 3.05) is 35.8 Å². The standard InChI is InChI=1S/C15H18N4O/c1-19(2)14-5-3-4-13(9-14)18-15(20)10-6-11(16)8-12(17)7-10/h3-9H,16-17H2,1-2H3,(H,18,20). The Morgan fingerprint density at radius 2 is 1.70 bits per heavy atom. The Balaban J connectivity index is 2.21. The van der Waals surface area contributed by atoms with Crippen molar-refractivity contribution in [3.8, 4) is 0 Å². The van der Waals surface area contributed by atoms with E-state index in [-0.39, 0.29) is 5.91 Å². The van der Waals surface area contributed by atoms with Crippen molar-refractivity contribution in [1.82, 2.24) is 0 Å². The molecule has 20 heavy (non-hydrogen) atoms. The van der Waals surface area contributed by atoms with E-state index >= 15 is 0 Å². The van der Waals surface area contributed by atoms with Crippen molar-refractivity contribution >= 4 is 28.7 Å². The van der Waals surface area contributed by atoms with Gasteiger partial charge in [-0.15, -0.1) is 0 Å². The molecular formula is C15H18N4O. The molecule has 0 radical (unpaired) electrons. The summed E-state index contributed by atoms with van der Waals surface area (Å²) in [6, 6.07) is 12.4. The lowest BCUT2D eigenvalue weighted by Gasteiger charge is -2.14. The molecule has 0 bridgehead atoms. The molecule has 2 aromatic carbocycles. The van der Waals surface area contributed by atoms with Crippen LogP contribution in [0.1, 0.15) is 10.4 Å². The molecule has 0 saturated carbocycles. The molecule has 2 rings (SSSR count). The van der Waals surface area contributed by atoms with Gasteiger partial charge < -0.3 is 21.7 Å². The van der Waals surface area contributed by atoms with E-state index in [9.17, 15) is 4.79 Å². The number of benzene rings is 2. The summed E-state index contributed by atoms with van der Waals surface area (Å²) in [6.45, 7) is 0. The minimum absolute atomic E-state index is 0.236. The van der Waals surface area contributed by atoms with Crippen molar-refractivity contribution in [1.29, 1.82) is 0 Å². The summed E-state index contributed by atoms with van der Waals surface area (Å²) in [7, 11) is 3.89. The summed E-state index contributed by atoms with van der Waals surface area (Å²) in [5, 5.41) is 2.83. The number of carbonyl (C=O) groups is 1. The fourth-order valence-corrected chi connectivity index (χ4v) is 1.87. The molecule has 0 aliphatic rings. The number of nitrogens with two attached hydrogens (primary N) is 2. The zero-order valence-electron chi connectivity index (χ0n) is 11.6. The van der Waals surface area contributed by atoms with Gasteiger partial charge in [0.05, 0.1) is 0 Å². The summed E-state index contributed by atoms with van der Waals surface area (Å²) in [5.41, 5.74) is 14.5. The Hall–Kier alpha value is -2.69. The molecule has 0 atom stereocenters. The molecule has 0 fully saturated rings. The van der Waals surface area contributed by atoms with Crippen LogP contribution in [0.4, 0.5) is 22.7 Å². The van der Waals surface area contributed by atoms with Crippen LogP contribution >= 0.6 is 0 Å². The first-order valence-corrected chi connectivity index (χ1v) is 6.20. The highest BCUT2D eigenvalue weighted by atomic mass is 16.1. The number of anilines is 4. The van der Waals surface area contributed by atoms with E-state index in [1.165, 1.54) is 0 Å². The average Bonchev–Trinajstić information content (AvgIpc) is 2.37. The van der Waals surface area contributed by atoms with E-state index in [0.717, 1.165) is 11.4 Å². The van der Waals surface area contributed by atoms with E-state index in [1.807, 2.05) is 43.3 Å². The summed E-state index contributed by atoms with van der Waals surface area (Å²) in [6.07, 6.45) is 0. The first kappa shape index (κ1) is 13.7. The van der Waals surface area contributed by atoms with Gasteiger partial charge in [0.1, 0.15) is 0 Å². The van der Waals surface area contributed by atoms with Crippen molar-refractivity contribution in [2.24, 2.45) is 0 Å². The second-order valence-corrected chi connectivity index (χ2v) is 4.79. The summed E-state index contributed by atoms with van der Waals surface area (Å²) < 4.78 is 0. The molecule has 0 aliphatic heterocycles. The molecule has 0 spiro atoms. The molecule has 0 aromatic heterocycles. The van der Waals surface area contributed by atoms with E-state index < -0.39 is 0 Å². The Morgan fingerprint density at radius 3 is 2.30 bits per heavy atom. The number of hydrogen-bond donors (Lipinski definition) is 3. The Labute approximate surface area is 118 Å². The Kier molecular flexibility index (Phi) is 3.79. The minimum atomic E-state index is -0.236. The van der Waals surface area contributed by atoms with Crippen LogP contribution in [0.2, 0.25) is 0 Å². The number of rotatable bonds is 3. The third kappa shape index (κ3) is 3.20. The van der Waals surface area contributed by atoms with Gasteiger partial charge in [0.15, 0.2) is 0 Å². The van der Waals surface area contributed by atoms with Crippen molar-refractivity contribution in [3.63, 3.8) is 0 Å². The molecule has 2 aromatic rings. The van der Waals surface area contributed by atoms with Gasteiger partial charge in [-0.3, -0.25) is 4.79 Å². The predicted octanol–water partition coefficient (Wildman–Crippen LogP) is 2.17. The van der Waals surface area contributed by atoms with Gasteiger partial charge in [-0.05, 0) is 36.4 Å². The number of nitrogens with one attached hydrogen (secondary N) is 1. The van der Waals surface area contributed by atoms with Crippen LogP contribution in [0.15, 0.2) is 42.5 Å². The third-order valence-corrected chi connectivity index (χ3v) is 2.86. The Morgan fingerprint density at radius 1 is 1.05 bits per heavy atom. The van der Waals surface area contributed by atoms with Gasteiger partial charge in [-0.1, -0.05) is 6.07 Å². The molecule has 5 N–H and O–H groups in total. The number of hydrogen-bond acceptors (Lipinski definition) is 4. The second kappa shape index (κ2) is 5.52. The van der Waals surface area contributed by atoms with Crippen LogP contribution in [-0.2, 0) is 0 Å². The lowest BCUT2D eigenvalue weighted by atomic mass is 10.1. The van der Waals surface area contributed by atoms with Crippen LogP contribution in [0.3, 0.4) is 0 Å². The van der Waals surface area contributed by atoms with Crippen LogP contribution in [0, 0.1) is 0 Å². The summed E-state index contributed by atoms with van der Waals surface area (Å²) in [5.74, 6) is -0.236. The monoisotopic (exact) mass is 270 g/mol. The van der Waals surface area contributed by atoms with E-state index in [2.05, 4.69) is 5.32 Å². The molecule has 5 nitrogen and oxygen atoms in total. The molecule has 104 valence electrons. The summed E-state index contributed by atoms with van der Waals surface area (Å²) in [4.78, 5) is 14.1. The number of amides is 1. The maximum atomic E-state index is 12.2. The fourth-order valence-electron chi connectivity index (χ4n) is 1.87. The summed E-state index contributed by atoms with van der Waals surface area (Å²) >= 11 is 0. The van der Waals surface area contributed by atoms with Gasteiger partial charge in [0.2, 0.25) is 0 Å². The highest BCUT2D eigenvalue weighted by Crippen LogP contribution is 2.19. The minimum Gasteiger partial charge on any atom is -0.399 e. The molecule has 1 amide bonds. The zero-order chi connectivity index (χ0) is 14.7. The number of carbonyl (C=O) groups excluding carboxylic acids is 1. The van der Waals surface area contributed by atoms with Crippen LogP contribution in [0.25, 0.3) is 0 Å². The van der Waals surface area contributed by atoms with Crippen LogP contribution < -0.4 is 21.7 Å². The van der Waals surface area contributed by atoms with Gasteiger partial charge >= 0.3 is 0 Å². The maximum absolute atomic E-state index is 12.2. The maximum Gasteiger partial charge on any atom is 0.255 e. The molecule has 5 heteroatoms. The van der Waals surface area contributed by atoms with Crippen molar-refractivity contribution in [3.05, 3.63) is 48.0 Å². The predicted molar refractivity (Wildman–Crippen MR) is 84.0 cm³/mol. The van der Waals surface area contributed by atoms with Gasteiger partial charge in [0.25, 0.3) is 5.91 Å². The largest absolute Gasteiger partial charge is 0.399 e. The number of nitrogens with zero attached hydrogens (tertiary/aromatic N) is 1. The first-order valence-electron chi connectivity index (χ1n) is 6.20. The second-order valence-electron chi connectivity index (χ2n) is 4.79. The fraction of sp³-hybridized carbons (Fsp3) is 0.133. The Bertz CT molecular complexity index is 617. The molecular weight excluding hydrogens is 252 g/mol. The van der Waals surface area contributed by atoms with Gasteiger partial charge in [-0.25, -0.2) is 0 Å². The van der Waals surface area contributed by atoms with E-state index in [0.29, 0.717) is 16.9 Å².